The summed E-state index contributed by atoms with van der Waals surface area (Å²) in [5, 5.41) is 26.6. The van der Waals surface area contributed by atoms with Crippen LogP contribution in [0.3, 0.4) is 0 Å². The first kappa shape index (κ1) is 19.8. The number of nitrogens with zero attached hydrogens (tertiary/aromatic N) is 4. The van der Waals surface area contributed by atoms with Crippen molar-refractivity contribution < 1.29 is 19.6 Å². The number of amides is 1. The van der Waals surface area contributed by atoms with Crippen molar-refractivity contribution in [3.05, 3.63) is 57.4 Å². The van der Waals surface area contributed by atoms with Gasteiger partial charge in [-0.2, -0.15) is 5.10 Å². The lowest BCUT2D eigenvalue weighted by atomic mass is 10.2. The normalized spacial score (nSPS) is 11.1. The van der Waals surface area contributed by atoms with Gasteiger partial charge in [0.15, 0.2) is 0 Å². The number of hydrogen-bond donors (Lipinski definition) is 1. The van der Waals surface area contributed by atoms with Crippen molar-refractivity contribution in [2.45, 2.75) is 20.4 Å². The molecule has 3 rings (SSSR count). The van der Waals surface area contributed by atoms with Gasteiger partial charge in [-0.15, -0.1) is 0 Å². The van der Waals surface area contributed by atoms with Crippen LogP contribution in [0.4, 0.5) is 5.69 Å². The molecule has 0 saturated carbocycles. The van der Waals surface area contributed by atoms with Crippen molar-refractivity contribution >= 4 is 28.8 Å². The van der Waals surface area contributed by atoms with Gasteiger partial charge in [0.2, 0.25) is 0 Å². The Bertz CT molecular complexity index is 1140. The Morgan fingerprint density at radius 1 is 1.38 bits per heavy atom. The summed E-state index contributed by atoms with van der Waals surface area (Å²) in [6.07, 6.45) is 1.20. The Labute approximate surface area is 165 Å². The first-order valence-electron chi connectivity index (χ1n) is 8.69. The molecule has 150 valence electrons. The zero-order valence-electron chi connectivity index (χ0n) is 16.0. The minimum atomic E-state index is -0.825. The third-order valence-electron chi connectivity index (χ3n) is 4.37. The maximum Gasteiger partial charge on any atom is 0.271 e. The van der Waals surface area contributed by atoms with E-state index in [0.717, 1.165) is 24.0 Å². The summed E-state index contributed by atoms with van der Waals surface area (Å²) in [6.45, 7) is 4.69. The summed E-state index contributed by atoms with van der Waals surface area (Å²) in [7, 11) is 1.24. The summed E-state index contributed by atoms with van der Waals surface area (Å²) in [6, 6.07) is 7.52. The molecule has 0 radical (unpaired) electrons. The highest BCUT2D eigenvalue weighted by atomic mass is 16.6. The molecule has 0 saturated heterocycles. The van der Waals surface area contributed by atoms with Gasteiger partial charge in [-0.05, 0) is 38.1 Å². The first-order valence-corrected chi connectivity index (χ1v) is 8.69. The second-order valence-corrected chi connectivity index (χ2v) is 6.13. The number of aromatic nitrogens is 2. The highest BCUT2D eigenvalue weighted by molar-refractivity contribution is 5.98. The van der Waals surface area contributed by atoms with Crippen molar-refractivity contribution in [1.82, 2.24) is 15.0 Å². The second kappa shape index (κ2) is 7.97. The molecule has 1 aromatic heterocycles. The molecule has 29 heavy (non-hydrogen) atoms. The Kier molecular flexibility index (Phi) is 5.44. The molecule has 10 heteroatoms. The maximum absolute atomic E-state index is 12.3. The van der Waals surface area contributed by atoms with Crippen molar-refractivity contribution in [1.29, 1.82) is 0 Å². The lowest BCUT2D eigenvalue weighted by Crippen LogP contribution is -2.17. The van der Waals surface area contributed by atoms with Crippen molar-refractivity contribution in [3.63, 3.8) is 0 Å². The van der Waals surface area contributed by atoms with E-state index >= 15 is 0 Å². The number of nitro groups is 1. The Hall–Kier alpha value is -3.95. The van der Waals surface area contributed by atoms with E-state index in [-0.39, 0.29) is 11.3 Å². The molecule has 1 heterocycles. The number of carbonyl (C=O) groups excluding carboxylic acids is 1. The van der Waals surface area contributed by atoms with E-state index in [1.165, 1.54) is 19.4 Å². The molecule has 10 nitrogen and oxygen atoms in total. The third-order valence-corrected chi connectivity index (χ3v) is 4.37. The fraction of sp³-hybridized carbons (Fsp3) is 0.211. The van der Waals surface area contributed by atoms with Gasteiger partial charge in [0.1, 0.15) is 11.6 Å². The predicted octanol–water partition coefficient (Wildman–Crippen LogP) is 2.12. The minimum Gasteiger partial charge on any atom is -0.865 e. The summed E-state index contributed by atoms with van der Waals surface area (Å²) < 4.78 is 6.90. The van der Waals surface area contributed by atoms with Crippen LogP contribution in [0.15, 0.2) is 35.4 Å². The number of benzene rings is 2. The number of hydrazone groups is 1. The zero-order valence-corrected chi connectivity index (χ0v) is 16.0. The molecule has 0 unspecified atom stereocenters. The molecule has 0 spiro atoms. The van der Waals surface area contributed by atoms with Gasteiger partial charge < -0.3 is 14.4 Å². The van der Waals surface area contributed by atoms with Crippen LogP contribution in [0.25, 0.3) is 11.0 Å². The lowest BCUT2D eigenvalue weighted by Gasteiger charge is -2.12. The van der Waals surface area contributed by atoms with Crippen LogP contribution < -0.4 is 15.3 Å². The molecule has 0 atom stereocenters. The van der Waals surface area contributed by atoms with Crippen LogP contribution in [0.5, 0.6) is 11.5 Å². The molecule has 0 aliphatic heterocycles. The topological polar surface area (TPSA) is 135 Å². The van der Waals surface area contributed by atoms with Gasteiger partial charge in [0.25, 0.3) is 11.6 Å². The van der Waals surface area contributed by atoms with Gasteiger partial charge in [-0.25, -0.2) is 10.4 Å². The highest BCUT2D eigenvalue weighted by Gasteiger charge is 2.13. The molecule has 1 amide bonds. The average Bonchev–Trinajstić information content (AvgIpc) is 3.02. The number of aryl methyl sites for hydroxylation is 2. The molecule has 0 fully saturated rings. The van der Waals surface area contributed by atoms with E-state index < -0.39 is 22.3 Å². The number of hydrogen-bond acceptors (Lipinski definition) is 7. The average molecular weight is 396 g/mol. The van der Waals surface area contributed by atoms with Crippen molar-refractivity contribution in [2.24, 2.45) is 5.10 Å². The number of nitro benzene ring substituents is 1. The number of carbonyl (C=O) groups is 1. The van der Waals surface area contributed by atoms with Crippen LogP contribution in [-0.4, -0.2) is 33.7 Å². The SMILES string of the molecule is CCn1c(C)nc2cc(C(=O)N/N=C\c3cc(OC)c([O-])c([N+](=O)[O-])c3)ccc21. The quantitative estimate of drug-likeness (QED) is 0.385. The van der Waals surface area contributed by atoms with Crippen molar-refractivity contribution in [2.75, 3.05) is 7.11 Å². The van der Waals surface area contributed by atoms with Gasteiger partial charge in [-0.1, -0.05) is 0 Å². The number of ether oxygens (including phenoxy) is 1. The molecule has 1 N–H and O–H groups in total. The lowest BCUT2D eigenvalue weighted by molar-refractivity contribution is -0.398. The number of nitrogens with one attached hydrogen (secondary N) is 1. The van der Waals surface area contributed by atoms with Crippen LogP contribution in [-0.2, 0) is 6.54 Å². The van der Waals surface area contributed by atoms with Crippen LogP contribution in [0.2, 0.25) is 0 Å². The molecule has 0 bridgehead atoms. The predicted molar refractivity (Wildman–Crippen MR) is 104 cm³/mol. The van der Waals surface area contributed by atoms with Gasteiger partial charge in [0.05, 0.1) is 29.3 Å². The number of rotatable bonds is 6. The van der Waals surface area contributed by atoms with E-state index in [4.69, 9.17) is 4.74 Å². The Morgan fingerprint density at radius 2 is 2.14 bits per heavy atom. The maximum atomic E-state index is 12.3. The van der Waals surface area contributed by atoms with Gasteiger partial charge in [0, 0.05) is 29.5 Å². The summed E-state index contributed by atoms with van der Waals surface area (Å²) in [5.41, 5.74) is 3.96. The van der Waals surface area contributed by atoms with E-state index in [0.29, 0.717) is 11.1 Å². The largest absolute Gasteiger partial charge is 0.865 e. The summed E-state index contributed by atoms with van der Waals surface area (Å²) in [5.74, 6) is -0.614. The summed E-state index contributed by atoms with van der Waals surface area (Å²) >= 11 is 0. The number of methoxy groups -OCH3 is 1. The smallest absolute Gasteiger partial charge is 0.271 e. The molecule has 0 aliphatic carbocycles. The Balaban J connectivity index is 1.80. The van der Waals surface area contributed by atoms with E-state index in [2.05, 4.69) is 15.5 Å². The van der Waals surface area contributed by atoms with E-state index in [9.17, 15) is 20.0 Å². The Morgan fingerprint density at radius 3 is 2.79 bits per heavy atom. The van der Waals surface area contributed by atoms with E-state index in [1.807, 2.05) is 24.5 Å². The molecular formula is C19H18N5O5-. The van der Waals surface area contributed by atoms with Crippen molar-refractivity contribution in [3.8, 4) is 11.5 Å². The monoisotopic (exact) mass is 396 g/mol. The molecule has 2 aromatic carbocycles. The van der Waals surface area contributed by atoms with Crippen LogP contribution in [0.1, 0.15) is 28.7 Å². The number of imidazole rings is 1. The first-order chi connectivity index (χ1) is 13.8. The van der Waals surface area contributed by atoms with Gasteiger partial charge >= 0.3 is 0 Å². The van der Waals surface area contributed by atoms with Gasteiger partial charge in [-0.3, -0.25) is 14.9 Å². The molecule has 3 aromatic rings. The van der Waals surface area contributed by atoms with E-state index in [1.54, 1.807) is 12.1 Å². The molecule has 0 aliphatic rings. The molecular weight excluding hydrogens is 378 g/mol. The fourth-order valence-electron chi connectivity index (χ4n) is 2.99. The third kappa shape index (κ3) is 3.86. The second-order valence-electron chi connectivity index (χ2n) is 6.13. The number of fused-ring (bicyclic) bond motifs is 1. The highest BCUT2D eigenvalue weighted by Crippen LogP contribution is 2.33. The summed E-state index contributed by atoms with van der Waals surface area (Å²) in [4.78, 5) is 27.0. The standard InChI is InChI=1S/C19H19N5O5/c1-4-23-11(2)21-14-9-13(5-6-15(14)23)19(26)22-20-10-12-7-16(24(27)28)18(25)17(8-12)29-3/h5-10,25H,4H2,1-3H3,(H,22,26)/p-1/b20-10-. The fourth-order valence-corrected chi connectivity index (χ4v) is 2.99. The minimum absolute atomic E-state index is 0.181. The zero-order chi connectivity index (χ0) is 21.1. The van der Waals surface area contributed by atoms with Crippen LogP contribution >= 0.6 is 0 Å². The van der Waals surface area contributed by atoms with Crippen LogP contribution in [0, 0.1) is 17.0 Å².